The standard InChI is InChI=1S/C26H24Cl2N4OS2/c1-3-23(25(33)29-18-11-14-21(27)22(28)15-18)35-26-31-30-24(32(26)19-7-5-4-6-8-19)16-34-20-12-9-17(2)10-13-20/h4-15,23H,3,16H2,1-2H3,(H,29,33). The van der Waals surface area contributed by atoms with Gasteiger partial charge in [0.1, 0.15) is 5.82 Å². The molecular formula is C26H24Cl2N4OS2. The Morgan fingerprint density at radius 2 is 1.74 bits per heavy atom. The van der Waals surface area contributed by atoms with E-state index < -0.39 is 0 Å². The van der Waals surface area contributed by atoms with Crippen molar-refractivity contribution in [3.63, 3.8) is 0 Å². The van der Waals surface area contributed by atoms with Gasteiger partial charge in [0.05, 0.1) is 21.0 Å². The number of aromatic nitrogens is 3. The molecule has 1 atom stereocenters. The number of hydrogen-bond acceptors (Lipinski definition) is 5. The number of anilines is 1. The Balaban J connectivity index is 1.56. The molecule has 0 aliphatic carbocycles. The topological polar surface area (TPSA) is 59.8 Å². The highest BCUT2D eigenvalue weighted by molar-refractivity contribution is 8.00. The summed E-state index contributed by atoms with van der Waals surface area (Å²) in [4.78, 5) is 14.2. The Bertz CT molecular complexity index is 1300. The number of para-hydroxylation sites is 1. The van der Waals surface area contributed by atoms with Gasteiger partial charge in [-0.05, 0) is 55.8 Å². The van der Waals surface area contributed by atoms with Gasteiger partial charge in [-0.3, -0.25) is 9.36 Å². The minimum absolute atomic E-state index is 0.130. The van der Waals surface area contributed by atoms with Gasteiger partial charge in [-0.1, -0.05) is 77.8 Å². The van der Waals surface area contributed by atoms with Gasteiger partial charge in [0.15, 0.2) is 5.16 Å². The van der Waals surface area contributed by atoms with Gasteiger partial charge >= 0.3 is 0 Å². The molecule has 1 N–H and O–H groups in total. The van der Waals surface area contributed by atoms with Crippen LogP contribution in [0.4, 0.5) is 5.69 Å². The van der Waals surface area contributed by atoms with E-state index in [1.165, 1.54) is 22.2 Å². The number of halogens is 2. The lowest BCUT2D eigenvalue weighted by atomic mass is 10.2. The van der Waals surface area contributed by atoms with Crippen LogP contribution in [0.2, 0.25) is 10.0 Å². The van der Waals surface area contributed by atoms with E-state index in [-0.39, 0.29) is 11.2 Å². The molecule has 0 fully saturated rings. The number of nitrogens with zero attached hydrogens (tertiary/aromatic N) is 3. The van der Waals surface area contributed by atoms with E-state index in [9.17, 15) is 4.79 Å². The maximum atomic E-state index is 13.1. The largest absolute Gasteiger partial charge is 0.325 e. The molecule has 5 nitrogen and oxygen atoms in total. The van der Waals surface area contributed by atoms with Crippen molar-refractivity contribution in [2.24, 2.45) is 0 Å². The van der Waals surface area contributed by atoms with E-state index in [0.29, 0.717) is 33.1 Å². The number of nitrogens with one attached hydrogen (secondary N) is 1. The van der Waals surface area contributed by atoms with Crippen LogP contribution < -0.4 is 5.32 Å². The fourth-order valence-electron chi connectivity index (χ4n) is 3.34. The number of carbonyl (C=O) groups excluding carboxylic acids is 1. The summed E-state index contributed by atoms with van der Waals surface area (Å²) < 4.78 is 2.03. The third kappa shape index (κ3) is 6.61. The first-order valence-electron chi connectivity index (χ1n) is 11.1. The molecule has 0 aliphatic rings. The van der Waals surface area contributed by atoms with E-state index >= 15 is 0 Å². The maximum Gasteiger partial charge on any atom is 0.237 e. The van der Waals surface area contributed by atoms with Gasteiger partial charge in [0.2, 0.25) is 5.91 Å². The highest BCUT2D eigenvalue weighted by Gasteiger charge is 2.23. The summed E-state index contributed by atoms with van der Waals surface area (Å²) in [7, 11) is 0. The van der Waals surface area contributed by atoms with Crippen LogP contribution in [0.15, 0.2) is 82.8 Å². The minimum Gasteiger partial charge on any atom is -0.325 e. The average molecular weight is 544 g/mol. The Morgan fingerprint density at radius 1 is 1.00 bits per heavy atom. The Kier molecular flexibility index (Phi) is 8.78. The van der Waals surface area contributed by atoms with Crippen molar-refractivity contribution in [3.05, 3.63) is 94.2 Å². The third-order valence-electron chi connectivity index (χ3n) is 5.20. The minimum atomic E-state index is -0.367. The predicted molar refractivity (Wildman–Crippen MR) is 147 cm³/mol. The molecule has 1 amide bonds. The molecule has 9 heteroatoms. The Morgan fingerprint density at radius 3 is 2.43 bits per heavy atom. The lowest BCUT2D eigenvalue weighted by Gasteiger charge is -2.16. The van der Waals surface area contributed by atoms with Crippen LogP contribution >= 0.6 is 46.7 Å². The molecule has 35 heavy (non-hydrogen) atoms. The first kappa shape index (κ1) is 25.6. The molecule has 1 heterocycles. The van der Waals surface area contributed by atoms with Gasteiger partial charge in [-0.25, -0.2) is 0 Å². The van der Waals surface area contributed by atoms with Crippen molar-refractivity contribution in [1.29, 1.82) is 0 Å². The molecule has 180 valence electrons. The van der Waals surface area contributed by atoms with Crippen LogP contribution in [0.1, 0.15) is 24.7 Å². The summed E-state index contributed by atoms with van der Waals surface area (Å²) in [5.74, 6) is 1.34. The van der Waals surface area contributed by atoms with Crippen molar-refractivity contribution in [2.45, 2.75) is 41.3 Å². The molecule has 3 aromatic carbocycles. The van der Waals surface area contributed by atoms with Crippen molar-refractivity contribution in [3.8, 4) is 5.69 Å². The van der Waals surface area contributed by atoms with E-state index in [1.807, 2.05) is 41.8 Å². The normalized spacial score (nSPS) is 11.9. The second-order valence-electron chi connectivity index (χ2n) is 7.80. The summed E-state index contributed by atoms with van der Waals surface area (Å²) in [6.45, 7) is 4.05. The van der Waals surface area contributed by atoms with Crippen LogP contribution in [0, 0.1) is 6.92 Å². The van der Waals surface area contributed by atoms with Crippen LogP contribution in [0.3, 0.4) is 0 Å². The van der Waals surface area contributed by atoms with Gasteiger partial charge in [0.25, 0.3) is 0 Å². The number of benzene rings is 3. The van der Waals surface area contributed by atoms with E-state index in [1.54, 1.807) is 30.0 Å². The highest BCUT2D eigenvalue weighted by Crippen LogP contribution is 2.31. The van der Waals surface area contributed by atoms with Crippen LogP contribution in [-0.4, -0.2) is 25.9 Å². The fraction of sp³-hybridized carbons (Fsp3) is 0.192. The van der Waals surface area contributed by atoms with Gasteiger partial charge < -0.3 is 5.32 Å². The zero-order chi connectivity index (χ0) is 24.8. The third-order valence-corrected chi connectivity index (χ3v) is 8.26. The molecule has 0 bridgehead atoms. The molecule has 0 saturated carbocycles. The molecule has 1 unspecified atom stereocenters. The van der Waals surface area contributed by atoms with E-state index in [4.69, 9.17) is 23.2 Å². The summed E-state index contributed by atoms with van der Waals surface area (Å²) in [5.41, 5.74) is 2.78. The van der Waals surface area contributed by atoms with E-state index in [0.717, 1.165) is 11.5 Å². The van der Waals surface area contributed by atoms with Crippen molar-refractivity contribution >= 4 is 58.3 Å². The van der Waals surface area contributed by atoms with Crippen molar-refractivity contribution in [1.82, 2.24) is 14.8 Å². The van der Waals surface area contributed by atoms with Gasteiger partial charge in [0, 0.05) is 16.3 Å². The molecule has 1 aromatic heterocycles. The molecule has 0 radical (unpaired) electrons. The number of rotatable bonds is 9. The maximum absolute atomic E-state index is 13.1. The predicted octanol–water partition coefficient (Wildman–Crippen LogP) is 7.68. The summed E-state index contributed by atoms with van der Waals surface area (Å²) in [5, 5.41) is 13.0. The number of thioether (sulfide) groups is 2. The Labute approximate surface area is 223 Å². The lowest BCUT2D eigenvalue weighted by molar-refractivity contribution is -0.115. The van der Waals surface area contributed by atoms with Crippen LogP contribution in [0.25, 0.3) is 5.69 Å². The first-order chi connectivity index (χ1) is 16.9. The molecule has 0 saturated heterocycles. The zero-order valence-electron chi connectivity index (χ0n) is 19.2. The van der Waals surface area contributed by atoms with Crippen LogP contribution in [0.5, 0.6) is 0 Å². The molecule has 0 aliphatic heterocycles. The van der Waals surface area contributed by atoms with Crippen LogP contribution in [-0.2, 0) is 10.5 Å². The fourth-order valence-corrected chi connectivity index (χ4v) is 5.44. The second kappa shape index (κ2) is 12.0. The molecule has 0 spiro atoms. The number of carbonyl (C=O) groups is 1. The quantitative estimate of drug-likeness (QED) is 0.219. The highest BCUT2D eigenvalue weighted by atomic mass is 35.5. The summed E-state index contributed by atoms with van der Waals surface area (Å²) >= 11 is 15.2. The number of hydrogen-bond donors (Lipinski definition) is 1. The first-order valence-corrected chi connectivity index (χ1v) is 13.7. The number of aryl methyl sites for hydroxylation is 1. The SMILES string of the molecule is CCC(Sc1nnc(CSc2ccc(C)cc2)n1-c1ccccc1)C(=O)Nc1ccc(Cl)c(Cl)c1. The zero-order valence-corrected chi connectivity index (χ0v) is 22.4. The van der Waals surface area contributed by atoms with Gasteiger partial charge in [-0.15, -0.1) is 22.0 Å². The van der Waals surface area contributed by atoms with Crippen molar-refractivity contribution in [2.75, 3.05) is 5.32 Å². The number of amides is 1. The summed E-state index contributed by atoms with van der Waals surface area (Å²) in [6.07, 6.45) is 0.618. The van der Waals surface area contributed by atoms with Crippen molar-refractivity contribution < 1.29 is 4.79 Å². The second-order valence-corrected chi connectivity index (χ2v) is 10.8. The Hall–Kier alpha value is -2.45. The average Bonchev–Trinajstić information content (AvgIpc) is 3.27. The monoisotopic (exact) mass is 542 g/mol. The van der Waals surface area contributed by atoms with E-state index in [2.05, 4.69) is 46.7 Å². The van der Waals surface area contributed by atoms with Gasteiger partial charge in [-0.2, -0.15) is 0 Å². The summed E-state index contributed by atoms with van der Waals surface area (Å²) in [6, 6.07) is 23.4. The molecule has 4 rings (SSSR count). The molecular weight excluding hydrogens is 519 g/mol. The smallest absolute Gasteiger partial charge is 0.237 e. The lowest BCUT2D eigenvalue weighted by Crippen LogP contribution is -2.25. The molecule has 4 aromatic rings.